The van der Waals surface area contributed by atoms with Gasteiger partial charge in [-0.05, 0) is 86.2 Å². The number of hydrogen-bond acceptors (Lipinski definition) is 4. The molecule has 0 bridgehead atoms. The zero-order chi connectivity index (χ0) is 25.9. The summed E-state index contributed by atoms with van der Waals surface area (Å²) in [5.41, 5.74) is 12.7. The van der Waals surface area contributed by atoms with Crippen molar-refractivity contribution < 1.29 is 4.79 Å². The Bertz CT molecular complexity index is 1260. The zero-order valence-corrected chi connectivity index (χ0v) is 21.4. The molecule has 0 atom stereocenters. The highest BCUT2D eigenvalue weighted by atomic mass is 16.2. The molecule has 186 valence electrons. The van der Waals surface area contributed by atoms with Gasteiger partial charge in [0.25, 0.3) is 0 Å². The smallest absolute Gasteiger partial charge is 0.231 e. The predicted molar refractivity (Wildman–Crippen MR) is 146 cm³/mol. The fraction of sp³-hybridized carbons (Fsp3) is 0.300. The van der Waals surface area contributed by atoms with Crippen molar-refractivity contribution in [3.8, 4) is 17.2 Å². The summed E-state index contributed by atoms with van der Waals surface area (Å²) in [5.74, 6) is 0.150. The number of aromatic nitrogens is 2. The van der Waals surface area contributed by atoms with Gasteiger partial charge in [-0.2, -0.15) is 10.4 Å². The number of nitriles is 1. The Morgan fingerprint density at radius 3 is 2.50 bits per heavy atom. The maximum atomic E-state index is 12.8. The van der Waals surface area contributed by atoms with E-state index in [9.17, 15) is 4.79 Å². The number of anilines is 1. The Morgan fingerprint density at radius 1 is 1.17 bits per heavy atom. The van der Waals surface area contributed by atoms with Crippen LogP contribution in [0.3, 0.4) is 0 Å². The third-order valence-electron chi connectivity index (χ3n) is 6.09. The van der Waals surface area contributed by atoms with Gasteiger partial charge in [-0.1, -0.05) is 36.4 Å². The monoisotopic (exact) mass is 481 g/mol. The molecule has 2 N–H and O–H groups in total. The second-order valence-corrected chi connectivity index (χ2v) is 8.82. The largest absolute Gasteiger partial charge is 0.330 e. The molecule has 4 rings (SSSR count). The van der Waals surface area contributed by atoms with Crippen LogP contribution >= 0.6 is 0 Å². The summed E-state index contributed by atoms with van der Waals surface area (Å²) in [6.45, 7) is 5.41. The number of rotatable bonds is 7. The van der Waals surface area contributed by atoms with Gasteiger partial charge >= 0.3 is 0 Å². The van der Waals surface area contributed by atoms with Crippen LogP contribution in [0.1, 0.15) is 42.9 Å². The number of aryl methyl sites for hydroxylation is 2. The van der Waals surface area contributed by atoms with E-state index in [0.717, 1.165) is 47.2 Å². The van der Waals surface area contributed by atoms with Crippen LogP contribution < -0.4 is 10.6 Å². The Hall–Kier alpha value is -3.95. The minimum absolute atomic E-state index is 0.150. The molecule has 0 aliphatic heterocycles. The van der Waals surface area contributed by atoms with Crippen LogP contribution in [0.4, 0.5) is 5.69 Å². The van der Waals surface area contributed by atoms with Crippen molar-refractivity contribution in [2.24, 2.45) is 12.8 Å². The fourth-order valence-corrected chi connectivity index (χ4v) is 4.17. The van der Waals surface area contributed by atoms with Gasteiger partial charge in [-0.25, -0.2) is 0 Å². The van der Waals surface area contributed by atoms with Gasteiger partial charge in [-0.15, -0.1) is 0 Å². The first-order chi connectivity index (χ1) is 17.4. The molecule has 0 saturated heterocycles. The summed E-state index contributed by atoms with van der Waals surface area (Å²) < 4.78 is 1.80. The van der Waals surface area contributed by atoms with Crippen LogP contribution in [0.2, 0.25) is 0 Å². The number of amides is 1. The van der Waals surface area contributed by atoms with E-state index in [1.807, 2.05) is 61.6 Å². The number of carbonyl (C=O) groups excluding carboxylic acids is 1. The molecule has 0 spiro atoms. The van der Waals surface area contributed by atoms with Crippen LogP contribution in [-0.2, 0) is 18.3 Å². The fourth-order valence-electron chi connectivity index (χ4n) is 4.17. The molecule has 1 amide bonds. The van der Waals surface area contributed by atoms with E-state index in [2.05, 4.69) is 48.5 Å². The van der Waals surface area contributed by atoms with E-state index in [4.69, 9.17) is 11.0 Å². The minimum atomic E-state index is 0.150. The Labute approximate surface area is 214 Å². The normalized spacial score (nSPS) is 12.2. The van der Waals surface area contributed by atoms with E-state index in [1.165, 1.54) is 5.56 Å². The first-order valence-electron chi connectivity index (χ1n) is 12.4. The summed E-state index contributed by atoms with van der Waals surface area (Å²) in [7, 11) is 1.91. The summed E-state index contributed by atoms with van der Waals surface area (Å²) in [5, 5.41) is 12.7. The van der Waals surface area contributed by atoms with Crippen molar-refractivity contribution >= 4 is 11.6 Å². The van der Waals surface area contributed by atoms with Crippen molar-refractivity contribution in [1.29, 1.82) is 5.26 Å². The Kier molecular flexibility index (Phi) is 9.79. The summed E-state index contributed by atoms with van der Waals surface area (Å²) in [4.78, 5) is 14.7. The molecule has 3 aromatic rings. The lowest BCUT2D eigenvalue weighted by Crippen LogP contribution is -2.31. The average molecular weight is 482 g/mol. The number of nitrogens with two attached hydrogens (primary N) is 1. The van der Waals surface area contributed by atoms with E-state index in [-0.39, 0.29) is 5.91 Å². The van der Waals surface area contributed by atoms with E-state index >= 15 is 0 Å². The summed E-state index contributed by atoms with van der Waals surface area (Å²) in [6, 6.07) is 15.8. The standard InChI is InChI=1S/C21H25N3O.C9H10N2/c1-4-24(21(25)13-17-8-6-5-7-9-17)20-11-10-18(12-16(20)2)19-14-22-23(3)15-19;10-6-5-8-1-3-9(7-11)4-2-8/h6,8-12,14-15H,4-5,7,13H2,1-3H3;1-4H,5-6,10H2. The average Bonchev–Trinajstić information content (AvgIpc) is 3.33. The molecule has 2 aromatic carbocycles. The Balaban J connectivity index is 0.000000275. The second-order valence-electron chi connectivity index (χ2n) is 8.82. The van der Waals surface area contributed by atoms with Crippen molar-refractivity contribution in [2.45, 2.75) is 39.5 Å². The number of nitrogens with zero attached hydrogens (tertiary/aromatic N) is 4. The molecule has 0 fully saturated rings. The van der Waals surface area contributed by atoms with Crippen LogP contribution in [-0.4, -0.2) is 28.8 Å². The summed E-state index contributed by atoms with van der Waals surface area (Å²) >= 11 is 0. The Morgan fingerprint density at radius 2 is 1.94 bits per heavy atom. The SMILES string of the molecule is CCN(C(=O)CC1=CCCC=C1)c1ccc(-c2cnn(C)c2)cc1C.N#Cc1ccc(CCN)cc1. The van der Waals surface area contributed by atoms with Gasteiger partial charge in [0.15, 0.2) is 0 Å². The van der Waals surface area contributed by atoms with Gasteiger partial charge in [-0.3, -0.25) is 9.48 Å². The lowest BCUT2D eigenvalue weighted by molar-refractivity contribution is -0.117. The molecule has 1 aliphatic carbocycles. The lowest BCUT2D eigenvalue weighted by atomic mass is 10.0. The maximum absolute atomic E-state index is 12.8. The lowest BCUT2D eigenvalue weighted by Gasteiger charge is -2.24. The molecule has 1 heterocycles. The number of hydrogen-bond donors (Lipinski definition) is 1. The van der Waals surface area contributed by atoms with Gasteiger partial charge < -0.3 is 10.6 Å². The van der Waals surface area contributed by atoms with Gasteiger partial charge in [0, 0.05) is 31.0 Å². The molecular formula is C30H35N5O. The number of carbonyl (C=O) groups is 1. The van der Waals surface area contributed by atoms with Gasteiger partial charge in [0.1, 0.15) is 0 Å². The van der Waals surface area contributed by atoms with Crippen molar-refractivity contribution in [3.63, 3.8) is 0 Å². The van der Waals surface area contributed by atoms with Crippen molar-refractivity contribution in [1.82, 2.24) is 9.78 Å². The molecule has 6 heteroatoms. The topological polar surface area (TPSA) is 87.9 Å². The van der Waals surface area contributed by atoms with Crippen LogP contribution in [0.15, 0.2) is 78.7 Å². The third-order valence-corrected chi connectivity index (χ3v) is 6.09. The van der Waals surface area contributed by atoms with Crippen molar-refractivity contribution in [3.05, 3.63) is 95.3 Å². The first kappa shape index (κ1) is 26.7. The third kappa shape index (κ3) is 7.27. The molecule has 1 aliphatic rings. The number of allylic oxidation sites excluding steroid dienone is 3. The minimum Gasteiger partial charge on any atom is -0.330 e. The highest BCUT2D eigenvalue weighted by molar-refractivity contribution is 5.96. The molecule has 0 radical (unpaired) electrons. The molecule has 6 nitrogen and oxygen atoms in total. The highest BCUT2D eigenvalue weighted by Crippen LogP contribution is 2.28. The number of benzene rings is 2. The van der Waals surface area contributed by atoms with Crippen LogP contribution in [0.25, 0.3) is 11.1 Å². The van der Waals surface area contributed by atoms with Crippen LogP contribution in [0.5, 0.6) is 0 Å². The molecular weight excluding hydrogens is 446 g/mol. The van der Waals surface area contributed by atoms with Crippen LogP contribution in [0, 0.1) is 18.3 Å². The van der Waals surface area contributed by atoms with Gasteiger partial charge in [0.05, 0.1) is 24.3 Å². The predicted octanol–water partition coefficient (Wildman–Crippen LogP) is 5.47. The van der Waals surface area contributed by atoms with Gasteiger partial charge in [0.2, 0.25) is 5.91 Å². The maximum Gasteiger partial charge on any atom is 0.231 e. The second kappa shape index (κ2) is 13.2. The molecule has 36 heavy (non-hydrogen) atoms. The summed E-state index contributed by atoms with van der Waals surface area (Å²) in [6.07, 6.45) is 13.7. The first-order valence-corrected chi connectivity index (χ1v) is 12.4. The van der Waals surface area contributed by atoms with E-state index in [1.54, 1.807) is 4.68 Å². The molecule has 1 aromatic heterocycles. The van der Waals surface area contributed by atoms with E-state index < -0.39 is 0 Å². The zero-order valence-electron chi connectivity index (χ0n) is 21.4. The molecule has 0 saturated carbocycles. The quantitative estimate of drug-likeness (QED) is 0.484. The molecule has 0 unspecified atom stereocenters. The van der Waals surface area contributed by atoms with E-state index in [0.29, 0.717) is 25.1 Å². The van der Waals surface area contributed by atoms with Crippen molar-refractivity contribution in [2.75, 3.05) is 18.0 Å². The highest BCUT2D eigenvalue weighted by Gasteiger charge is 2.17.